The monoisotopic (exact) mass is 279 g/mol. The van der Waals surface area contributed by atoms with E-state index in [1.54, 1.807) is 0 Å². The van der Waals surface area contributed by atoms with Gasteiger partial charge in [0.15, 0.2) is 0 Å². The second-order valence-corrected chi connectivity index (χ2v) is 6.12. The first kappa shape index (κ1) is 17.3. The summed E-state index contributed by atoms with van der Waals surface area (Å²) >= 11 is 0. The van der Waals surface area contributed by atoms with Crippen LogP contribution in [0.4, 0.5) is 0 Å². The van der Waals surface area contributed by atoms with Crippen molar-refractivity contribution in [1.82, 2.24) is 14.9 Å². The van der Waals surface area contributed by atoms with Gasteiger partial charge in [-0.05, 0) is 19.4 Å². The van der Waals surface area contributed by atoms with E-state index in [2.05, 4.69) is 10.6 Å². The fraction of sp³-hybridized carbons (Fsp3) is 0.909. The first-order valence-corrected chi connectivity index (χ1v) is 8.19. The van der Waals surface area contributed by atoms with Crippen molar-refractivity contribution in [3.8, 4) is 0 Å². The van der Waals surface area contributed by atoms with Crippen molar-refractivity contribution in [3.05, 3.63) is 0 Å². The lowest BCUT2D eigenvalue weighted by molar-refractivity contribution is -0.120. The maximum atomic E-state index is 11.3. The van der Waals surface area contributed by atoms with Crippen LogP contribution in [0.5, 0.6) is 0 Å². The summed E-state index contributed by atoms with van der Waals surface area (Å²) in [4.78, 5) is 11.2. The lowest BCUT2D eigenvalue weighted by Gasteiger charge is -2.17. The molecule has 0 aliphatic carbocycles. The molecule has 0 fully saturated rings. The Morgan fingerprint density at radius 2 is 1.89 bits per heavy atom. The normalized spacial score (nSPS) is 11.8. The van der Waals surface area contributed by atoms with Crippen molar-refractivity contribution in [2.24, 2.45) is 0 Å². The van der Waals surface area contributed by atoms with Gasteiger partial charge in [-0.15, -0.1) is 0 Å². The molecule has 0 saturated heterocycles. The molecule has 0 radical (unpaired) electrons. The van der Waals surface area contributed by atoms with E-state index in [4.69, 9.17) is 0 Å². The number of carbonyl (C=O) groups is 1. The number of carbonyl (C=O) groups excluding carboxylic acids is 1. The third-order valence-corrected chi connectivity index (χ3v) is 3.82. The van der Waals surface area contributed by atoms with Crippen LogP contribution in [-0.2, 0) is 14.8 Å². The summed E-state index contributed by atoms with van der Waals surface area (Å²) in [5.74, 6) is -0.0210. The van der Waals surface area contributed by atoms with Crippen LogP contribution in [0.2, 0.25) is 0 Å². The van der Waals surface area contributed by atoms with Gasteiger partial charge in [0.2, 0.25) is 15.9 Å². The molecule has 0 atom stereocenters. The molecule has 7 heteroatoms. The SMILES string of the molecule is CCCNC(=O)CNCCCN(CC)S(C)(=O)=O. The van der Waals surface area contributed by atoms with Crippen LogP contribution in [-0.4, -0.2) is 57.6 Å². The Hall–Kier alpha value is -0.660. The molecule has 0 aromatic heterocycles. The number of hydrogen-bond acceptors (Lipinski definition) is 4. The van der Waals surface area contributed by atoms with Crippen molar-refractivity contribution in [1.29, 1.82) is 0 Å². The topological polar surface area (TPSA) is 78.5 Å². The summed E-state index contributed by atoms with van der Waals surface area (Å²) in [6.45, 7) is 6.38. The number of rotatable bonds is 10. The van der Waals surface area contributed by atoms with E-state index < -0.39 is 10.0 Å². The molecule has 0 aromatic rings. The Bertz CT molecular complexity index is 330. The highest BCUT2D eigenvalue weighted by molar-refractivity contribution is 7.88. The Morgan fingerprint density at radius 3 is 2.39 bits per heavy atom. The summed E-state index contributed by atoms with van der Waals surface area (Å²) in [6, 6.07) is 0. The van der Waals surface area contributed by atoms with Crippen LogP contribution in [0, 0.1) is 0 Å². The predicted molar refractivity (Wildman–Crippen MR) is 72.9 cm³/mol. The molecule has 0 aliphatic heterocycles. The zero-order valence-electron chi connectivity index (χ0n) is 11.5. The van der Waals surface area contributed by atoms with Crippen molar-refractivity contribution in [2.45, 2.75) is 26.7 Å². The van der Waals surface area contributed by atoms with Gasteiger partial charge >= 0.3 is 0 Å². The largest absolute Gasteiger partial charge is 0.355 e. The molecule has 1 amide bonds. The fourth-order valence-electron chi connectivity index (χ4n) is 1.47. The summed E-state index contributed by atoms with van der Waals surface area (Å²) in [7, 11) is -3.10. The van der Waals surface area contributed by atoms with Gasteiger partial charge in [-0.2, -0.15) is 0 Å². The second kappa shape index (κ2) is 9.29. The molecule has 0 spiro atoms. The first-order chi connectivity index (χ1) is 8.41. The number of amides is 1. The van der Waals surface area contributed by atoms with E-state index in [1.165, 1.54) is 10.6 Å². The molecule has 0 unspecified atom stereocenters. The highest BCUT2D eigenvalue weighted by Gasteiger charge is 2.12. The maximum absolute atomic E-state index is 11.3. The quantitative estimate of drug-likeness (QED) is 0.542. The van der Waals surface area contributed by atoms with E-state index in [0.29, 0.717) is 32.6 Å². The van der Waals surface area contributed by atoms with Crippen LogP contribution < -0.4 is 10.6 Å². The van der Waals surface area contributed by atoms with Gasteiger partial charge in [-0.1, -0.05) is 13.8 Å². The molecule has 2 N–H and O–H groups in total. The smallest absolute Gasteiger partial charge is 0.233 e. The van der Waals surface area contributed by atoms with Gasteiger partial charge in [0.1, 0.15) is 0 Å². The predicted octanol–water partition coefficient (Wildman–Crippen LogP) is -0.226. The van der Waals surface area contributed by atoms with Crippen molar-refractivity contribution < 1.29 is 13.2 Å². The van der Waals surface area contributed by atoms with Crippen molar-refractivity contribution >= 4 is 15.9 Å². The first-order valence-electron chi connectivity index (χ1n) is 6.34. The van der Waals surface area contributed by atoms with E-state index in [0.717, 1.165) is 6.42 Å². The average molecular weight is 279 g/mol. The van der Waals surface area contributed by atoms with Gasteiger partial charge in [0, 0.05) is 19.6 Å². The van der Waals surface area contributed by atoms with Crippen LogP contribution in [0.1, 0.15) is 26.7 Å². The van der Waals surface area contributed by atoms with Crippen LogP contribution in [0.3, 0.4) is 0 Å². The highest BCUT2D eigenvalue weighted by atomic mass is 32.2. The molecular weight excluding hydrogens is 254 g/mol. The number of nitrogens with zero attached hydrogens (tertiary/aromatic N) is 1. The van der Waals surface area contributed by atoms with Gasteiger partial charge in [-0.25, -0.2) is 12.7 Å². The summed E-state index contributed by atoms with van der Waals surface area (Å²) < 4.78 is 24.0. The Labute approximate surface area is 110 Å². The molecule has 0 rings (SSSR count). The lowest BCUT2D eigenvalue weighted by Crippen LogP contribution is -2.36. The van der Waals surface area contributed by atoms with Crippen LogP contribution in [0.15, 0.2) is 0 Å². The Kier molecular flexibility index (Phi) is 8.95. The maximum Gasteiger partial charge on any atom is 0.233 e. The van der Waals surface area contributed by atoms with E-state index in [9.17, 15) is 13.2 Å². The molecule has 0 aromatic carbocycles. The summed E-state index contributed by atoms with van der Waals surface area (Å²) in [6.07, 6.45) is 2.83. The molecule has 0 heterocycles. The molecule has 0 bridgehead atoms. The lowest BCUT2D eigenvalue weighted by atomic mass is 10.4. The van der Waals surface area contributed by atoms with Crippen LogP contribution in [0.25, 0.3) is 0 Å². The van der Waals surface area contributed by atoms with E-state index >= 15 is 0 Å². The number of sulfonamides is 1. The minimum Gasteiger partial charge on any atom is -0.355 e. The molecule has 108 valence electrons. The standard InChI is InChI=1S/C11H25N3O3S/c1-4-7-13-11(15)10-12-8-6-9-14(5-2)18(3,16)17/h12H,4-10H2,1-3H3,(H,13,15). The third-order valence-electron chi connectivity index (χ3n) is 2.44. The van der Waals surface area contributed by atoms with Crippen molar-refractivity contribution in [2.75, 3.05) is 39.0 Å². The summed E-state index contributed by atoms with van der Waals surface area (Å²) in [5.41, 5.74) is 0. The van der Waals surface area contributed by atoms with Crippen LogP contribution >= 0.6 is 0 Å². The number of nitrogens with one attached hydrogen (secondary N) is 2. The molecule has 0 saturated carbocycles. The third kappa shape index (κ3) is 8.43. The molecule has 0 aliphatic rings. The molecular formula is C11H25N3O3S. The molecule has 6 nitrogen and oxygen atoms in total. The van der Waals surface area contributed by atoms with E-state index in [1.807, 2.05) is 13.8 Å². The highest BCUT2D eigenvalue weighted by Crippen LogP contribution is 1.97. The average Bonchev–Trinajstić information content (AvgIpc) is 2.29. The van der Waals surface area contributed by atoms with Gasteiger partial charge in [0.25, 0.3) is 0 Å². The van der Waals surface area contributed by atoms with Gasteiger partial charge < -0.3 is 10.6 Å². The Balaban J connectivity index is 3.64. The van der Waals surface area contributed by atoms with Crippen molar-refractivity contribution in [3.63, 3.8) is 0 Å². The zero-order valence-corrected chi connectivity index (χ0v) is 12.3. The zero-order chi connectivity index (χ0) is 14.0. The summed E-state index contributed by atoms with van der Waals surface area (Å²) in [5, 5.41) is 5.75. The minimum absolute atomic E-state index is 0.0210. The fourth-order valence-corrected chi connectivity index (χ4v) is 2.40. The number of hydrogen-bond donors (Lipinski definition) is 2. The van der Waals surface area contributed by atoms with E-state index in [-0.39, 0.29) is 12.5 Å². The van der Waals surface area contributed by atoms with Gasteiger partial charge in [-0.3, -0.25) is 4.79 Å². The minimum atomic E-state index is -3.10. The van der Waals surface area contributed by atoms with Gasteiger partial charge in [0.05, 0.1) is 12.8 Å². The Morgan fingerprint density at radius 1 is 1.22 bits per heavy atom. The molecule has 18 heavy (non-hydrogen) atoms. The second-order valence-electron chi connectivity index (χ2n) is 4.13.